The summed E-state index contributed by atoms with van der Waals surface area (Å²) in [4.78, 5) is 28.4. The van der Waals surface area contributed by atoms with Gasteiger partial charge in [-0.3, -0.25) is 9.59 Å². The Morgan fingerprint density at radius 2 is 1.96 bits per heavy atom. The number of ether oxygens (including phenoxy) is 1. The maximum atomic E-state index is 12.0. The quantitative estimate of drug-likeness (QED) is 0.786. The molecule has 2 aliphatic rings. The molecule has 0 unspecified atom stereocenters. The summed E-state index contributed by atoms with van der Waals surface area (Å²) < 4.78 is 29.1. The monoisotopic (exact) mass is 398 g/mol. The Kier molecular flexibility index (Phi) is 5.24. The Balaban J connectivity index is 1.90. The standard InChI is InChI=1S/C16H18N2O6S2/c1-24-11-4-2-10(3-5-11)18-12-8-26(22,23)9-13(12)25-16(18)17-14(19)6-7-15(20)21/h2-5,12-13H,6-9H2,1H3,(H,20,21)/t12-,13-/m1/s1. The summed E-state index contributed by atoms with van der Waals surface area (Å²) in [6.07, 6.45) is -0.479. The van der Waals surface area contributed by atoms with Crippen LogP contribution in [-0.2, 0) is 19.4 Å². The highest BCUT2D eigenvalue weighted by molar-refractivity contribution is 8.16. The SMILES string of the molecule is COc1ccc(N2C(=NC(=O)CCC(=O)O)S[C@@H]3CS(=O)(=O)C[C@H]32)cc1. The number of amidine groups is 1. The normalized spacial score (nSPS) is 25.3. The van der Waals surface area contributed by atoms with Crippen LogP contribution in [0.1, 0.15) is 12.8 Å². The fraction of sp³-hybridized carbons (Fsp3) is 0.438. The van der Waals surface area contributed by atoms with Crippen LogP contribution in [0, 0.1) is 0 Å². The van der Waals surface area contributed by atoms with Crippen molar-refractivity contribution in [3.05, 3.63) is 24.3 Å². The van der Waals surface area contributed by atoms with E-state index in [2.05, 4.69) is 4.99 Å². The molecule has 8 nitrogen and oxygen atoms in total. The van der Waals surface area contributed by atoms with Gasteiger partial charge in [0.25, 0.3) is 0 Å². The van der Waals surface area contributed by atoms with Gasteiger partial charge in [0.2, 0.25) is 5.91 Å². The highest BCUT2D eigenvalue weighted by atomic mass is 32.2. The van der Waals surface area contributed by atoms with Gasteiger partial charge in [-0.2, -0.15) is 4.99 Å². The molecule has 0 bridgehead atoms. The molecule has 0 aliphatic carbocycles. The van der Waals surface area contributed by atoms with Crippen molar-refractivity contribution in [2.75, 3.05) is 23.5 Å². The van der Waals surface area contributed by atoms with Crippen LogP contribution in [0.3, 0.4) is 0 Å². The first kappa shape index (κ1) is 18.7. The first-order valence-corrected chi connectivity index (χ1v) is 10.6. The number of aliphatic imine (C=N–C) groups is 1. The van der Waals surface area contributed by atoms with Crippen LogP contribution in [0.5, 0.6) is 5.75 Å². The first-order chi connectivity index (χ1) is 12.3. The molecule has 1 aromatic rings. The van der Waals surface area contributed by atoms with E-state index in [1.54, 1.807) is 36.3 Å². The van der Waals surface area contributed by atoms with Gasteiger partial charge in [0.05, 0.1) is 31.1 Å². The Labute approximate surface area is 155 Å². The Morgan fingerprint density at radius 3 is 2.58 bits per heavy atom. The lowest BCUT2D eigenvalue weighted by atomic mass is 10.2. The second-order valence-electron chi connectivity index (χ2n) is 6.05. The van der Waals surface area contributed by atoms with E-state index in [-0.39, 0.29) is 35.6 Å². The van der Waals surface area contributed by atoms with Crippen LogP contribution in [-0.4, -0.2) is 60.5 Å². The average molecular weight is 398 g/mol. The van der Waals surface area contributed by atoms with Crippen molar-refractivity contribution in [3.8, 4) is 5.75 Å². The number of carbonyl (C=O) groups is 2. The number of anilines is 1. The predicted octanol–water partition coefficient (Wildman–Crippen LogP) is 1.16. The number of fused-ring (bicyclic) bond motifs is 1. The molecule has 2 atom stereocenters. The van der Waals surface area contributed by atoms with E-state index < -0.39 is 21.7 Å². The molecule has 2 fully saturated rings. The van der Waals surface area contributed by atoms with Crippen molar-refractivity contribution >= 4 is 44.3 Å². The Morgan fingerprint density at radius 1 is 1.27 bits per heavy atom. The van der Waals surface area contributed by atoms with Gasteiger partial charge < -0.3 is 14.7 Å². The fourth-order valence-corrected chi connectivity index (χ4v) is 6.92. The number of carboxylic acids is 1. The second-order valence-corrected chi connectivity index (χ2v) is 9.41. The van der Waals surface area contributed by atoms with Crippen molar-refractivity contribution in [2.45, 2.75) is 24.1 Å². The van der Waals surface area contributed by atoms with Crippen molar-refractivity contribution in [1.82, 2.24) is 0 Å². The average Bonchev–Trinajstić information content (AvgIpc) is 3.04. The van der Waals surface area contributed by atoms with Crippen LogP contribution in [0.2, 0.25) is 0 Å². The molecule has 0 saturated carbocycles. The van der Waals surface area contributed by atoms with Gasteiger partial charge >= 0.3 is 5.97 Å². The van der Waals surface area contributed by atoms with Crippen molar-refractivity contribution in [1.29, 1.82) is 0 Å². The van der Waals surface area contributed by atoms with Gasteiger partial charge in [-0.25, -0.2) is 8.42 Å². The molecule has 0 aromatic heterocycles. The van der Waals surface area contributed by atoms with Gasteiger partial charge in [0.1, 0.15) is 5.75 Å². The van der Waals surface area contributed by atoms with Gasteiger partial charge in [0.15, 0.2) is 15.0 Å². The van der Waals surface area contributed by atoms with Crippen molar-refractivity contribution in [3.63, 3.8) is 0 Å². The summed E-state index contributed by atoms with van der Waals surface area (Å²) >= 11 is 1.26. The summed E-state index contributed by atoms with van der Waals surface area (Å²) in [5.41, 5.74) is 0.715. The van der Waals surface area contributed by atoms with Gasteiger partial charge in [-0.15, -0.1) is 0 Å². The maximum Gasteiger partial charge on any atom is 0.303 e. The minimum atomic E-state index is -3.14. The van der Waals surface area contributed by atoms with E-state index in [0.29, 0.717) is 16.6 Å². The maximum absolute atomic E-state index is 12.0. The Hall–Kier alpha value is -2.07. The molecule has 1 N–H and O–H groups in total. The second kappa shape index (κ2) is 7.28. The molecule has 2 aliphatic heterocycles. The van der Waals surface area contributed by atoms with Crippen molar-refractivity contribution in [2.24, 2.45) is 4.99 Å². The minimum absolute atomic E-state index is 0.000960. The molecule has 0 spiro atoms. The fourth-order valence-electron chi connectivity index (χ4n) is 2.99. The molecule has 1 amide bonds. The summed E-state index contributed by atoms with van der Waals surface area (Å²) in [5, 5.41) is 8.91. The summed E-state index contributed by atoms with van der Waals surface area (Å²) in [5.74, 6) is -0.896. The zero-order valence-electron chi connectivity index (χ0n) is 14.0. The topological polar surface area (TPSA) is 113 Å². The largest absolute Gasteiger partial charge is 0.497 e. The minimum Gasteiger partial charge on any atom is -0.497 e. The van der Waals surface area contributed by atoms with E-state index in [1.165, 1.54) is 11.8 Å². The van der Waals surface area contributed by atoms with E-state index >= 15 is 0 Å². The van der Waals surface area contributed by atoms with Crippen LogP contribution >= 0.6 is 11.8 Å². The number of carboxylic acid groups (broad SMARTS) is 1. The Bertz CT molecular complexity index is 850. The van der Waals surface area contributed by atoms with E-state index in [1.807, 2.05) is 0 Å². The number of amides is 1. The lowest BCUT2D eigenvalue weighted by molar-refractivity contribution is -0.138. The molecule has 2 heterocycles. The molecule has 1 aromatic carbocycles. The number of hydrogen-bond acceptors (Lipinski definition) is 6. The molecule has 10 heteroatoms. The zero-order chi connectivity index (χ0) is 18.9. The van der Waals surface area contributed by atoms with E-state index in [0.717, 1.165) is 0 Å². The van der Waals surface area contributed by atoms with Crippen LogP contribution in [0.4, 0.5) is 5.69 Å². The zero-order valence-corrected chi connectivity index (χ0v) is 15.6. The van der Waals surface area contributed by atoms with Crippen molar-refractivity contribution < 1.29 is 27.9 Å². The number of aliphatic carboxylic acids is 1. The number of nitrogens with zero attached hydrogens (tertiary/aromatic N) is 2. The molecule has 3 rings (SSSR count). The number of methoxy groups -OCH3 is 1. The third-order valence-electron chi connectivity index (χ3n) is 4.19. The lowest BCUT2D eigenvalue weighted by Gasteiger charge is -2.24. The molecular formula is C16H18N2O6S2. The molecule has 140 valence electrons. The third-order valence-corrected chi connectivity index (χ3v) is 7.40. The first-order valence-electron chi connectivity index (χ1n) is 7.93. The van der Waals surface area contributed by atoms with Crippen LogP contribution < -0.4 is 9.64 Å². The number of carbonyl (C=O) groups excluding carboxylic acids is 1. The summed E-state index contributed by atoms with van der Waals surface area (Å²) in [6.45, 7) is 0. The molecule has 26 heavy (non-hydrogen) atoms. The highest BCUT2D eigenvalue weighted by Gasteiger charge is 2.49. The van der Waals surface area contributed by atoms with E-state index in [4.69, 9.17) is 9.84 Å². The summed E-state index contributed by atoms with van der Waals surface area (Å²) in [7, 11) is -1.59. The van der Waals surface area contributed by atoms with Gasteiger partial charge in [-0.1, -0.05) is 11.8 Å². The van der Waals surface area contributed by atoms with Gasteiger partial charge in [-0.05, 0) is 24.3 Å². The number of benzene rings is 1. The van der Waals surface area contributed by atoms with Gasteiger partial charge in [0, 0.05) is 17.4 Å². The third kappa shape index (κ3) is 4.01. The smallest absolute Gasteiger partial charge is 0.303 e. The summed E-state index contributed by atoms with van der Waals surface area (Å²) in [6, 6.07) is 6.76. The molecular weight excluding hydrogens is 380 g/mol. The number of thioether (sulfide) groups is 1. The molecule has 2 saturated heterocycles. The van der Waals surface area contributed by atoms with E-state index in [9.17, 15) is 18.0 Å². The molecule has 0 radical (unpaired) electrons. The number of sulfone groups is 1. The van der Waals surface area contributed by atoms with Crippen LogP contribution in [0.25, 0.3) is 0 Å². The number of hydrogen-bond donors (Lipinski definition) is 1. The lowest BCUT2D eigenvalue weighted by Crippen LogP contribution is -2.37. The highest BCUT2D eigenvalue weighted by Crippen LogP contribution is 2.41. The van der Waals surface area contributed by atoms with Crippen LogP contribution in [0.15, 0.2) is 29.3 Å². The predicted molar refractivity (Wildman–Crippen MR) is 98.6 cm³/mol. The number of rotatable bonds is 5.